The van der Waals surface area contributed by atoms with Crippen molar-refractivity contribution in [1.29, 1.82) is 0 Å². The lowest BCUT2D eigenvalue weighted by Crippen LogP contribution is -2.20. The van der Waals surface area contributed by atoms with E-state index in [1.807, 2.05) is 6.20 Å². The molecule has 2 N–H and O–H groups in total. The number of halogens is 4. The number of hydrogen-bond acceptors (Lipinski definition) is 3. The maximum absolute atomic E-state index is 14.9. The van der Waals surface area contributed by atoms with E-state index in [1.165, 1.54) is 26.0 Å². The largest absolute Gasteiger partial charge is 0.386 e. The molecule has 2 unspecified atom stereocenters. The van der Waals surface area contributed by atoms with Crippen molar-refractivity contribution in [2.75, 3.05) is 0 Å². The van der Waals surface area contributed by atoms with E-state index in [1.54, 1.807) is 6.92 Å². The Morgan fingerprint density at radius 3 is 2.53 bits per heavy atom. The van der Waals surface area contributed by atoms with Gasteiger partial charge in [-0.15, -0.1) is 0 Å². The van der Waals surface area contributed by atoms with Gasteiger partial charge in [0.05, 0.1) is 17.4 Å². The Labute approximate surface area is 174 Å². The average Bonchev–Trinajstić information content (AvgIpc) is 3.15. The van der Waals surface area contributed by atoms with Gasteiger partial charge in [-0.05, 0) is 57.0 Å². The van der Waals surface area contributed by atoms with Crippen LogP contribution in [0.25, 0.3) is 11.3 Å². The van der Waals surface area contributed by atoms with E-state index in [0.29, 0.717) is 6.04 Å². The second kappa shape index (κ2) is 8.66. The first-order chi connectivity index (χ1) is 14.1. The fourth-order valence-electron chi connectivity index (χ4n) is 3.55. The molecule has 0 radical (unpaired) electrons. The van der Waals surface area contributed by atoms with Crippen LogP contribution in [0.4, 0.5) is 17.6 Å². The van der Waals surface area contributed by atoms with Gasteiger partial charge in [-0.3, -0.25) is 0 Å². The van der Waals surface area contributed by atoms with Crippen LogP contribution >= 0.6 is 0 Å². The summed E-state index contributed by atoms with van der Waals surface area (Å²) < 4.78 is 57.4. The third-order valence-electron chi connectivity index (χ3n) is 5.38. The molecule has 30 heavy (non-hydrogen) atoms. The molecule has 162 valence electrons. The van der Waals surface area contributed by atoms with Crippen molar-refractivity contribution >= 4 is 0 Å². The summed E-state index contributed by atoms with van der Waals surface area (Å²) >= 11 is 0. The highest BCUT2D eigenvalue weighted by Gasteiger charge is 2.24. The molecule has 1 aliphatic rings. The zero-order chi connectivity index (χ0) is 22.1. The lowest BCUT2D eigenvalue weighted by atomic mass is 9.96. The fourth-order valence-corrected chi connectivity index (χ4v) is 3.55. The molecule has 0 aliphatic carbocycles. The van der Waals surface area contributed by atoms with Gasteiger partial charge in [0.25, 0.3) is 0 Å². The number of nitrogens with one attached hydrogen (secondary N) is 2. The summed E-state index contributed by atoms with van der Waals surface area (Å²) in [5, 5.41) is 6.45. The molecule has 0 saturated heterocycles. The number of hydrogen-bond donors (Lipinski definition) is 2. The summed E-state index contributed by atoms with van der Waals surface area (Å²) in [4.78, 5) is 4.03. The highest BCUT2D eigenvalue weighted by Crippen LogP contribution is 2.32. The molecule has 0 spiro atoms. The number of nitrogens with zero attached hydrogens (tertiary/aromatic N) is 1. The van der Waals surface area contributed by atoms with Crippen molar-refractivity contribution < 1.29 is 17.6 Å². The number of rotatable bonds is 7. The zero-order valence-corrected chi connectivity index (χ0v) is 17.6. The van der Waals surface area contributed by atoms with Crippen molar-refractivity contribution in [3.8, 4) is 11.3 Å². The van der Waals surface area contributed by atoms with Gasteiger partial charge in [-0.2, -0.15) is 0 Å². The summed E-state index contributed by atoms with van der Waals surface area (Å²) in [5.74, 6) is -1.31. The molecule has 0 saturated carbocycles. The molecule has 0 amide bonds. The van der Waals surface area contributed by atoms with E-state index in [9.17, 15) is 17.6 Å². The predicted octanol–water partition coefficient (Wildman–Crippen LogP) is 5.96. The van der Waals surface area contributed by atoms with E-state index >= 15 is 0 Å². The van der Waals surface area contributed by atoms with E-state index in [0.717, 1.165) is 30.7 Å². The molecule has 1 aliphatic heterocycles. The normalized spacial score (nSPS) is 17.5. The SMILES string of the molecule is CCC1CC(NC(C)c2cc(F)c(-c3cc(C(C)(C)F)cc(CF)n3)cc2F)=CN1. The first kappa shape index (κ1) is 22.1. The number of aromatic nitrogens is 1. The summed E-state index contributed by atoms with van der Waals surface area (Å²) in [6.07, 6.45) is 3.63. The monoisotopic (exact) mass is 421 g/mol. The Morgan fingerprint density at radius 1 is 1.20 bits per heavy atom. The standard InChI is InChI=1S/C23H27F4N3/c1-5-15-8-17(12-28-15)29-13(2)18-9-21(26)19(10-20(18)25)22-7-14(23(3,4)27)6-16(11-24)30-22/h6-7,9-10,12-13,15,28-29H,5,8,11H2,1-4H3. The Hall–Kier alpha value is -2.57. The van der Waals surface area contributed by atoms with Gasteiger partial charge in [0, 0.05) is 35.5 Å². The van der Waals surface area contributed by atoms with E-state index in [2.05, 4.69) is 22.5 Å². The Kier molecular flexibility index (Phi) is 6.38. The van der Waals surface area contributed by atoms with Gasteiger partial charge in [0.1, 0.15) is 24.0 Å². The minimum absolute atomic E-state index is 0.00271. The van der Waals surface area contributed by atoms with Crippen LogP contribution in [-0.4, -0.2) is 11.0 Å². The smallest absolute Gasteiger partial charge is 0.133 e. The summed E-state index contributed by atoms with van der Waals surface area (Å²) in [6, 6.07) is 4.67. The van der Waals surface area contributed by atoms with Gasteiger partial charge >= 0.3 is 0 Å². The summed E-state index contributed by atoms with van der Waals surface area (Å²) in [5.41, 5.74) is -0.660. The number of pyridine rings is 1. The molecule has 0 fully saturated rings. The van der Waals surface area contributed by atoms with Crippen LogP contribution in [0.2, 0.25) is 0 Å². The van der Waals surface area contributed by atoms with Crippen molar-refractivity contribution in [2.45, 2.75) is 65.0 Å². The quantitative estimate of drug-likeness (QED) is 0.541. The van der Waals surface area contributed by atoms with Crippen LogP contribution < -0.4 is 10.6 Å². The Bertz CT molecular complexity index is 950. The third kappa shape index (κ3) is 4.77. The maximum Gasteiger partial charge on any atom is 0.133 e. The highest BCUT2D eigenvalue weighted by molar-refractivity contribution is 5.62. The lowest BCUT2D eigenvalue weighted by molar-refractivity contribution is 0.221. The van der Waals surface area contributed by atoms with Crippen molar-refractivity contribution in [3.05, 3.63) is 64.6 Å². The number of benzene rings is 1. The average molecular weight is 421 g/mol. The van der Waals surface area contributed by atoms with Gasteiger partial charge in [0.2, 0.25) is 0 Å². The second-order valence-corrected chi connectivity index (χ2v) is 8.20. The Balaban J connectivity index is 1.92. The van der Waals surface area contributed by atoms with E-state index in [4.69, 9.17) is 0 Å². The molecule has 2 heterocycles. The second-order valence-electron chi connectivity index (χ2n) is 8.20. The van der Waals surface area contributed by atoms with Crippen LogP contribution in [0, 0.1) is 11.6 Å². The molecular formula is C23H27F4N3. The third-order valence-corrected chi connectivity index (χ3v) is 5.38. The minimum Gasteiger partial charge on any atom is -0.386 e. The van der Waals surface area contributed by atoms with Crippen LogP contribution in [-0.2, 0) is 12.3 Å². The zero-order valence-electron chi connectivity index (χ0n) is 17.6. The van der Waals surface area contributed by atoms with Crippen molar-refractivity contribution in [3.63, 3.8) is 0 Å². The molecule has 2 aromatic rings. The lowest BCUT2D eigenvalue weighted by Gasteiger charge is -2.19. The highest BCUT2D eigenvalue weighted by atomic mass is 19.1. The van der Waals surface area contributed by atoms with Crippen LogP contribution in [0.15, 0.2) is 36.2 Å². The first-order valence-electron chi connectivity index (χ1n) is 10.1. The van der Waals surface area contributed by atoms with Gasteiger partial charge in [0.15, 0.2) is 0 Å². The number of alkyl halides is 2. The topological polar surface area (TPSA) is 37.0 Å². The summed E-state index contributed by atoms with van der Waals surface area (Å²) in [6.45, 7) is 5.53. The molecule has 0 bridgehead atoms. The predicted molar refractivity (Wildman–Crippen MR) is 110 cm³/mol. The minimum atomic E-state index is -1.77. The van der Waals surface area contributed by atoms with E-state index < -0.39 is 30.0 Å². The van der Waals surface area contributed by atoms with Gasteiger partial charge in [-0.25, -0.2) is 22.5 Å². The molecular weight excluding hydrogens is 394 g/mol. The van der Waals surface area contributed by atoms with Gasteiger partial charge < -0.3 is 10.6 Å². The molecule has 2 atom stereocenters. The summed E-state index contributed by atoms with van der Waals surface area (Å²) in [7, 11) is 0. The molecule has 1 aromatic heterocycles. The van der Waals surface area contributed by atoms with Gasteiger partial charge in [-0.1, -0.05) is 6.92 Å². The molecule has 1 aromatic carbocycles. The molecule has 3 nitrogen and oxygen atoms in total. The Morgan fingerprint density at radius 2 is 1.93 bits per heavy atom. The van der Waals surface area contributed by atoms with E-state index in [-0.39, 0.29) is 28.1 Å². The maximum atomic E-state index is 14.9. The molecule has 7 heteroatoms. The van der Waals surface area contributed by atoms with Crippen LogP contribution in [0.1, 0.15) is 63.4 Å². The van der Waals surface area contributed by atoms with Crippen LogP contribution in [0.5, 0.6) is 0 Å². The fraction of sp³-hybridized carbons (Fsp3) is 0.435. The van der Waals surface area contributed by atoms with Crippen LogP contribution in [0.3, 0.4) is 0 Å². The molecule has 3 rings (SSSR count). The van der Waals surface area contributed by atoms with Crippen molar-refractivity contribution in [2.24, 2.45) is 0 Å². The first-order valence-corrected chi connectivity index (χ1v) is 10.1. The van der Waals surface area contributed by atoms with Crippen molar-refractivity contribution in [1.82, 2.24) is 15.6 Å².